The summed E-state index contributed by atoms with van der Waals surface area (Å²) in [5.74, 6) is 0.388. The van der Waals surface area contributed by atoms with Crippen LogP contribution in [-0.2, 0) is 4.79 Å². The Kier molecular flexibility index (Phi) is 4.99. The lowest BCUT2D eigenvalue weighted by Crippen LogP contribution is -2.14. The van der Waals surface area contributed by atoms with E-state index in [0.29, 0.717) is 17.1 Å². The maximum Gasteiger partial charge on any atom is 0.224 e. The van der Waals surface area contributed by atoms with Gasteiger partial charge in [0.05, 0.1) is 11.9 Å². The van der Waals surface area contributed by atoms with Crippen molar-refractivity contribution >= 4 is 28.7 Å². The summed E-state index contributed by atoms with van der Waals surface area (Å²) in [6.07, 6.45) is 4.83. The predicted octanol–water partition coefficient (Wildman–Crippen LogP) is 2.94. The highest BCUT2D eigenvalue weighted by Gasteiger charge is 2.14. The number of nitrogens with one attached hydrogen (secondary N) is 1. The molecule has 0 aromatic carbocycles. The fourth-order valence-corrected chi connectivity index (χ4v) is 3.36. The molecule has 0 aliphatic carbocycles. The van der Waals surface area contributed by atoms with Crippen molar-refractivity contribution in [1.29, 1.82) is 0 Å². The quantitative estimate of drug-likeness (QED) is 0.687. The molecule has 1 amide bonds. The van der Waals surface area contributed by atoms with E-state index in [2.05, 4.69) is 20.4 Å². The summed E-state index contributed by atoms with van der Waals surface area (Å²) in [5, 5.41) is 6.73. The summed E-state index contributed by atoms with van der Waals surface area (Å²) in [6, 6.07) is 5.34. The summed E-state index contributed by atoms with van der Waals surface area (Å²) >= 11 is 1.59. The van der Waals surface area contributed by atoms with Crippen LogP contribution in [0.2, 0.25) is 0 Å². The first kappa shape index (κ1) is 17.0. The molecule has 0 bridgehead atoms. The first-order chi connectivity index (χ1) is 12.0. The summed E-state index contributed by atoms with van der Waals surface area (Å²) < 4.78 is 1.52. The second kappa shape index (κ2) is 7.35. The van der Waals surface area contributed by atoms with Crippen molar-refractivity contribution in [3.8, 4) is 5.82 Å². The maximum atomic E-state index is 12.2. The van der Waals surface area contributed by atoms with Crippen LogP contribution in [-0.4, -0.2) is 31.4 Å². The fourth-order valence-electron chi connectivity index (χ4n) is 2.41. The molecule has 0 saturated heterocycles. The van der Waals surface area contributed by atoms with Gasteiger partial charge in [-0.05, 0) is 32.0 Å². The third-order valence-corrected chi connectivity index (χ3v) is 4.57. The molecule has 8 heteroatoms. The van der Waals surface area contributed by atoms with Gasteiger partial charge in [0.15, 0.2) is 11.6 Å². The number of hydrogen-bond donors (Lipinski definition) is 1. The Morgan fingerprint density at radius 1 is 1.24 bits per heavy atom. The Morgan fingerprint density at radius 2 is 2.08 bits per heavy atom. The minimum atomic E-state index is -0.215. The third kappa shape index (κ3) is 4.16. The molecule has 3 aromatic rings. The van der Waals surface area contributed by atoms with Gasteiger partial charge >= 0.3 is 0 Å². The van der Waals surface area contributed by atoms with E-state index in [-0.39, 0.29) is 24.5 Å². The van der Waals surface area contributed by atoms with Gasteiger partial charge in [0, 0.05) is 28.2 Å². The van der Waals surface area contributed by atoms with Gasteiger partial charge < -0.3 is 5.32 Å². The van der Waals surface area contributed by atoms with Gasteiger partial charge in [0.25, 0.3) is 0 Å². The number of ketones is 1. The number of aryl methyl sites for hydroxylation is 2. The predicted molar refractivity (Wildman–Crippen MR) is 95.1 cm³/mol. The van der Waals surface area contributed by atoms with Gasteiger partial charge in [0.1, 0.15) is 12.7 Å². The number of rotatable bonds is 6. The van der Waals surface area contributed by atoms with Crippen LogP contribution in [0, 0.1) is 13.8 Å². The van der Waals surface area contributed by atoms with E-state index in [1.54, 1.807) is 36.0 Å². The van der Waals surface area contributed by atoms with E-state index in [9.17, 15) is 9.59 Å². The Balaban J connectivity index is 1.54. The average molecular weight is 355 g/mol. The first-order valence-electron chi connectivity index (χ1n) is 7.74. The summed E-state index contributed by atoms with van der Waals surface area (Å²) in [7, 11) is 0. The zero-order valence-electron chi connectivity index (χ0n) is 13.9. The minimum Gasteiger partial charge on any atom is -0.325 e. The standard InChI is InChI=1S/C17H17N5O2S/c1-11-7-14(12(2)25-11)15(23)4-6-17(24)21-13-3-5-16(19-8-13)22-10-18-9-20-22/h3,5,7-10H,4,6H2,1-2H3,(H,21,24). The number of aromatic nitrogens is 4. The van der Waals surface area contributed by atoms with Crippen molar-refractivity contribution in [2.45, 2.75) is 26.7 Å². The second-order valence-electron chi connectivity index (χ2n) is 5.54. The van der Waals surface area contributed by atoms with Crippen LogP contribution in [0.4, 0.5) is 5.69 Å². The van der Waals surface area contributed by atoms with Crippen LogP contribution in [0.5, 0.6) is 0 Å². The van der Waals surface area contributed by atoms with Crippen LogP contribution in [0.3, 0.4) is 0 Å². The van der Waals surface area contributed by atoms with Gasteiger partial charge in [-0.15, -0.1) is 11.3 Å². The van der Waals surface area contributed by atoms with Crippen molar-refractivity contribution in [2.75, 3.05) is 5.32 Å². The number of carbonyl (C=O) groups is 2. The smallest absolute Gasteiger partial charge is 0.224 e. The topological polar surface area (TPSA) is 89.8 Å². The molecule has 3 aromatic heterocycles. The Bertz CT molecular complexity index is 884. The van der Waals surface area contributed by atoms with Crippen LogP contribution < -0.4 is 5.32 Å². The van der Waals surface area contributed by atoms with Crippen molar-refractivity contribution in [2.24, 2.45) is 0 Å². The number of thiophene rings is 1. The van der Waals surface area contributed by atoms with Crippen LogP contribution in [0.25, 0.3) is 5.82 Å². The average Bonchev–Trinajstić information content (AvgIpc) is 3.23. The molecule has 0 aliphatic heterocycles. The van der Waals surface area contributed by atoms with Gasteiger partial charge in [-0.25, -0.2) is 14.6 Å². The zero-order valence-corrected chi connectivity index (χ0v) is 14.7. The SMILES string of the molecule is Cc1cc(C(=O)CCC(=O)Nc2ccc(-n3cncn3)nc2)c(C)s1. The molecule has 7 nitrogen and oxygen atoms in total. The van der Waals surface area contributed by atoms with Gasteiger partial charge in [-0.3, -0.25) is 9.59 Å². The lowest BCUT2D eigenvalue weighted by atomic mass is 10.1. The normalized spacial score (nSPS) is 10.6. The lowest BCUT2D eigenvalue weighted by Gasteiger charge is -2.06. The Hall–Kier alpha value is -2.87. The summed E-state index contributed by atoms with van der Waals surface area (Å²) in [4.78, 5) is 34.4. The van der Waals surface area contributed by atoms with Gasteiger partial charge in [-0.2, -0.15) is 5.10 Å². The molecule has 0 spiro atoms. The summed E-state index contributed by atoms with van der Waals surface area (Å²) in [6.45, 7) is 3.89. The molecule has 0 fully saturated rings. The van der Waals surface area contributed by atoms with Crippen molar-refractivity contribution in [1.82, 2.24) is 19.7 Å². The monoisotopic (exact) mass is 355 g/mol. The van der Waals surface area contributed by atoms with E-state index in [0.717, 1.165) is 9.75 Å². The number of nitrogens with zero attached hydrogens (tertiary/aromatic N) is 4. The highest BCUT2D eigenvalue weighted by molar-refractivity contribution is 7.12. The third-order valence-electron chi connectivity index (χ3n) is 3.61. The van der Waals surface area contributed by atoms with E-state index in [1.807, 2.05) is 19.9 Å². The fraction of sp³-hybridized carbons (Fsp3) is 0.235. The minimum absolute atomic E-state index is 0.00310. The molecule has 0 unspecified atom stereocenters. The van der Waals surface area contributed by atoms with Crippen LogP contribution >= 0.6 is 11.3 Å². The first-order valence-corrected chi connectivity index (χ1v) is 8.56. The molecule has 25 heavy (non-hydrogen) atoms. The Morgan fingerprint density at radius 3 is 2.68 bits per heavy atom. The molecule has 3 heterocycles. The summed E-state index contributed by atoms with van der Waals surface area (Å²) in [5.41, 5.74) is 1.29. The van der Waals surface area contributed by atoms with Crippen molar-refractivity contribution < 1.29 is 9.59 Å². The molecule has 1 N–H and O–H groups in total. The molecular formula is C17H17N5O2S. The lowest BCUT2D eigenvalue weighted by molar-refractivity contribution is -0.116. The molecule has 0 radical (unpaired) electrons. The number of amides is 1. The van der Waals surface area contributed by atoms with Crippen molar-refractivity contribution in [3.63, 3.8) is 0 Å². The highest BCUT2D eigenvalue weighted by atomic mass is 32.1. The van der Waals surface area contributed by atoms with Gasteiger partial charge in [-0.1, -0.05) is 0 Å². The number of pyridine rings is 1. The number of hydrogen-bond acceptors (Lipinski definition) is 6. The molecule has 0 aliphatic rings. The number of carbonyl (C=O) groups excluding carboxylic acids is 2. The second-order valence-corrected chi connectivity index (χ2v) is 7.00. The van der Waals surface area contributed by atoms with Crippen LogP contribution in [0.15, 0.2) is 37.1 Å². The molecule has 128 valence electrons. The van der Waals surface area contributed by atoms with Gasteiger partial charge in [0.2, 0.25) is 5.91 Å². The molecule has 0 atom stereocenters. The van der Waals surface area contributed by atoms with Crippen LogP contribution in [0.1, 0.15) is 33.0 Å². The van der Waals surface area contributed by atoms with Crippen molar-refractivity contribution in [3.05, 3.63) is 52.4 Å². The largest absolute Gasteiger partial charge is 0.325 e. The molecular weight excluding hydrogens is 338 g/mol. The van der Waals surface area contributed by atoms with E-state index < -0.39 is 0 Å². The van der Waals surface area contributed by atoms with E-state index in [1.165, 1.54) is 11.0 Å². The van der Waals surface area contributed by atoms with E-state index >= 15 is 0 Å². The van der Waals surface area contributed by atoms with E-state index in [4.69, 9.17) is 0 Å². The number of Topliss-reactive ketones (excluding diaryl/α,β-unsaturated/α-hetero) is 1. The molecule has 3 rings (SSSR count). The highest BCUT2D eigenvalue weighted by Crippen LogP contribution is 2.22. The maximum absolute atomic E-state index is 12.2. The zero-order chi connectivity index (χ0) is 17.8. The Labute approximate surface area is 148 Å². The molecule has 0 saturated carbocycles. The number of anilines is 1.